The first-order valence-electron chi connectivity index (χ1n) is 5.93. The number of hydrogen-bond acceptors (Lipinski definition) is 4. The van der Waals surface area contributed by atoms with E-state index in [1.54, 1.807) is 22.0 Å². The molecule has 17 heavy (non-hydrogen) atoms. The fourth-order valence-corrected chi connectivity index (χ4v) is 1.52. The van der Waals surface area contributed by atoms with E-state index in [1.165, 1.54) is 0 Å². The lowest BCUT2D eigenvalue weighted by atomic mass is 10.2. The molecule has 0 bridgehead atoms. The Bertz CT molecular complexity index is 313. The molecule has 1 N–H and O–H groups in total. The van der Waals surface area contributed by atoms with Crippen LogP contribution in [0, 0.1) is 0 Å². The van der Waals surface area contributed by atoms with Crippen molar-refractivity contribution in [1.82, 2.24) is 19.9 Å². The van der Waals surface area contributed by atoms with Crippen molar-refractivity contribution >= 4 is 5.91 Å². The van der Waals surface area contributed by atoms with Crippen LogP contribution in [0.15, 0.2) is 12.4 Å². The Morgan fingerprint density at radius 2 is 2.24 bits per heavy atom. The number of aliphatic hydroxyl groups is 1. The number of aryl methyl sites for hydroxylation is 1. The lowest BCUT2D eigenvalue weighted by molar-refractivity contribution is -0.130. The van der Waals surface area contributed by atoms with Gasteiger partial charge in [0.15, 0.2) is 0 Å². The van der Waals surface area contributed by atoms with Crippen LogP contribution in [0.4, 0.5) is 0 Å². The normalized spacial score (nSPS) is 10.5. The minimum atomic E-state index is 0.115. The van der Waals surface area contributed by atoms with Crippen molar-refractivity contribution in [2.45, 2.75) is 32.2 Å². The summed E-state index contributed by atoms with van der Waals surface area (Å²) in [5, 5.41) is 16.1. The first-order valence-corrected chi connectivity index (χ1v) is 5.93. The van der Waals surface area contributed by atoms with Crippen molar-refractivity contribution in [1.29, 1.82) is 0 Å². The van der Waals surface area contributed by atoms with Crippen LogP contribution >= 0.6 is 0 Å². The summed E-state index contributed by atoms with van der Waals surface area (Å²) in [6, 6.07) is 0. The van der Waals surface area contributed by atoms with Gasteiger partial charge in [-0.1, -0.05) is 5.21 Å². The number of aliphatic hydroxyl groups excluding tert-OH is 1. The third-order valence-electron chi connectivity index (χ3n) is 2.60. The van der Waals surface area contributed by atoms with Crippen molar-refractivity contribution in [3.05, 3.63) is 12.4 Å². The summed E-state index contributed by atoms with van der Waals surface area (Å²) in [7, 11) is 1.81. The Labute approximate surface area is 101 Å². The van der Waals surface area contributed by atoms with Gasteiger partial charge in [-0.2, -0.15) is 0 Å². The molecule has 0 atom stereocenters. The Balaban J connectivity index is 2.13. The summed E-state index contributed by atoms with van der Waals surface area (Å²) in [5.41, 5.74) is 0. The maximum atomic E-state index is 11.7. The maximum absolute atomic E-state index is 11.7. The molecule has 1 amide bonds. The largest absolute Gasteiger partial charge is 0.396 e. The van der Waals surface area contributed by atoms with Crippen molar-refractivity contribution < 1.29 is 9.90 Å². The van der Waals surface area contributed by atoms with E-state index in [1.807, 2.05) is 7.05 Å². The molecular weight excluding hydrogens is 220 g/mol. The summed E-state index contributed by atoms with van der Waals surface area (Å²) < 4.78 is 1.65. The van der Waals surface area contributed by atoms with E-state index in [4.69, 9.17) is 5.11 Å². The molecule has 6 heteroatoms. The summed E-state index contributed by atoms with van der Waals surface area (Å²) in [4.78, 5) is 13.4. The number of unbranched alkanes of at least 4 members (excludes halogenated alkanes) is 2. The van der Waals surface area contributed by atoms with Crippen LogP contribution in [0.5, 0.6) is 0 Å². The van der Waals surface area contributed by atoms with Gasteiger partial charge in [-0.05, 0) is 19.3 Å². The topological polar surface area (TPSA) is 71.2 Å². The quantitative estimate of drug-likeness (QED) is 0.663. The molecule has 0 fully saturated rings. The van der Waals surface area contributed by atoms with E-state index in [9.17, 15) is 4.79 Å². The molecule has 96 valence electrons. The summed E-state index contributed by atoms with van der Waals surface area (Å²) in [5.74, 6) is 0.115. The standard InChI is InChI=1S/C11H20N4O2/c1-14(7-3-2-4-10-16)11(17)5-8-15-9-6-12-13-15/h6,9,16H,2-5,7-8,10H2,1H3. The number of amides is 1. The lowest BCUT2D eigenvalue weighted by Crippen LogP contribution is -2.28. The van der Waals surface area contributed by atoms with E-state index in [2.05, 4.69) is 10.3 Å². The van der Waals surface area contributed by atoms with Crippen LogP contribution in [0.3, 0.4) is 0 Å². The zero-order chi connectivity index (χ0) is 12.5. The molecule has 1 rings (SSSR count). The smallest absolute Gasteiger partial charge is 0.224 e. The van der Waals surface area contributed by atoms with Gasteiger partial charge >= 0.3 is 0 Å². The SMILES string of the molecule is CN(CCCCCO)C(=O)CCn1ccnn1. The third kappa shape index (κ3) is 5.44. The fourth-order valence-electron chi connectivity index (χ4n) is 1.52. The van der Waals surface area contributed by atoms with Gasteiger partial charge < -0.3 is 10.0 Å². The van der Waals surface area contributed by atoms with E-state index >= 15 is 0 Å². The Kier molecular flexibility index (Phi) is 6.24. The zero-order valence-electron chi connectivity index (χ0n) is 10.2. The molecule has 0 spiro atoms. The first kappa shape index (κ1) is 13.6. The van der Waals surface area contributed by atoms with Gasteiger partial charge in [0.2, 0.25) is 5.91 Å². The summed E-state index contributed by atoms with van der Waals surface area (Å²) in [6.45, 7) is 1.54. The molecule has 0 aliphatic heterocycles. The van der Waals surface area contributed by atoms with Gasteiger partial charge in [-0.15, -0.1) is 5.10 Å². The second kappa shape index (κ2) is 7.78. The van der Waals surface area contributed by atoms with Crippen molar-refractivity contribution in [3.8, 4) is 0 Å². The molecule has 0 aromatic carbocycles. The fraction of sp³-hybridized carbons (Fsp3) is 0.727. The molecule has 1 aromatic heterocycles. The predicted octanol–water partition coefficient (Wildman–Crippen LogP) is 0.289. The van der Waals surface area contributed by atoms with Gasteiger partial charge in [0.1, 0.15) is 0 Å². The number of nitrogens with zero attached hydrogens (tertiary/aromatic N) is 4. The van der Waals surface area contributed by atoms with Gasteiger partial charge in [0.25, 0.3) is 0 Å². The van der Waals surface area contributed by atoms with Crippen LogP contribution in [0.1, 0.15) is 25.7 Å². The number of hydrogen-bond donors (Lipinski definition) is 1. The molecule has 0 unspecified atom stereocenters. The molecule has 0 saturated carbocycles. The highest BCUT2D eigenvalue weighted by Crippen LogP contribution is 1.99. The van der Waals surface area contributed by atoms with E-state index in [-0.39, 0.29) is 12.5 Å². The average molecular weight is 240 g/mol. The lowest BCUT2D eigenvalue weighted by Gasteiger charge is -2.16. The third-order valence-corrected chi connectivity index (χ3v) is 2.60. The van der Waals surface area contributed by atoms with Crippen molar-refractivity contribution in [3.63, 3.8) is 0 Å². The van der Waals surface area contributed by atoms with Gasteiger partial charge in [0, 0.05) is 32.8 Å². The molecule has 0 radical (unpaired) electrons. The highest BCUT2D eigenvalue weighted by atomic mass is 16.2. The van der Waals surface area contributed by atoms with Gasteiger partial charge in [0.05, 0.1) is 12.7 Å². The van der Waals surface area contributed by atoms with E-state index in [0.29, 0.717) is 13.0 Å². The number of aromatic nitrogens is 3. The number of carbonyl (C=O) groups excluding carboxylic acids is 1. The highest BCUT2D eigenvalue weighted by molar-refractivity contribution is 5.75. The molecule has 0 aliphatic rings. The minimum Gasteiger partial charge on any atom is -0.396 e. The molecule has 0 saturated heterocycles. The highest BCUT2D eigenvalue weighted by Gasteiger charge is 2.08. The van der Waals surface area contributed by atoms with Crippen LogP contribution in [-0.4, -0.2) is 51.1 Å². The average Bonchev–Trinajstić information content (AvgIpc) is 2.84. The molecular formula is C11H20N4O2. The predicted molar refractivity (Wildman–Crippen MR) is 63.2 cm³/mol. The van der Waals surface area contributed by atoms with Crippen LogP contribution in [-0.2, 0) is 11.3 Å². The molecule has 6 nitrogen and oxygen atoms in total. The van der Waals surface area contributed by atoms with Crippen molar-refractivity contribution in [2.24, 2.45) is 0 Å². The zero-order valence-corrected chi connectivity index (χ0v) is 10.2. The number of carbonyl (C=O) groups is 1. The molecule has 1 aromatic rings. The van der Waals surface area contributed by atoms with E-state index < -0.39 is 0 Å². The maximum Gasteiger partial charge on any atom is 0.224 e. The second-order valence-corrected chi connectivity index (χ2v) is 4.02. The summed E-state index contributed by atoms with van der Waals surface area (Å²) in [6.07, 6.45) is 6.49. The molecule has 1 heterocycles. The summed E-state index contributed by atoms with van der Waals surface area (Å²) >= 11 is 0. The van der Waals surface area contributed by atoms with Crippen LogP contribution in [0.25, 0.3) is 0 Å². The Morgan fingerprint density at radius 3 is 2.88 bits per heavy atom. The molecule has 0 aliphatic carbocycles. The van der Waals surface area contributed by atoms with Gasteiger partial charge in [-0.3, -0.25) is 9.48 Å². The first-order chi connectivity index (χ1) is 8.24. The monoisotopic (exact) mass is 240 g/mol. The van der Waals surface area contributed by atoms with Crippen LogP contribution < -0.4 is 0 Å². The Morgan fingerprint density at radius 1 is 1.41 bits per heavy atom. The second-order valence-electron chi connectivity index (χ2n) is 4.02. The minimum absolute atomic E-state index is 0.115. The van der Waals surface area contributed by atoms with Crippen molar-refractivity contribution in [2.75, 3.05) is 20.2 Å². The Hall–Kier alpha value is -1.43. The van der Waals surface area contributed by atoms with Gasteiger partial charge in [-0.25, -0.2) is 0 Å². The number of rotatable bonds is 8. The van der Waals surface area contributed by atoms with E-state index in [0.717, 1.165) is 25.8 Å². The van der Waals surface area contributed by atoms with Crippen LogP contribution in [0.2, 0.25) is 0 Å².